The van der Waals surface area contributed by atoms with E-state index in [1.807, 2.05) is 10.2 Å². The van der Waals surface area contributed by atoms with Crippen molar-refractivity contribution in [3.63, 3.8) is 0 Å². The Bertz CT molecular complexity index is 508. The number of nitrogens with zero attached hydrogens (tertiary/aromatic N) is 3. The van der Waals surface area contributed by atoms with Gasteiger partial charge in [-0.25, -0.2) is 9.97 Å². The average Bonchev–Trinajstić information content (AvgIpc) is 2.63. The summed E-state index contributed by atoms with van der Waals surface area (Å²) in [4.78, 5) is 20.8. The Labute approximate surface area is 119 Å². The number of nitrogen functional groups attached to an aromatic ring is 1. The van der Waals surface area contributed by atoms with Gasteiger partial charge in [-0.05, 0) is 19.3 Å². The molecular formula is C12H16F3N5O. The number of alkyl halides is 3. The first-order chi connectivity index (χ1) is 9.86. The van der Waals surface area contributed by atoms with Crippen LogP contribution in [0.15, 0.2) is 12.4 Å². The molecule has 1 saturated heterocycles. The van der Waals surface area contributed by atoms with Crippen molar-refractivity contribution in [2.45, 2.75) is 31.5 Å². The second kappa shape index (κ2) is 6.15. The van der Waals surface area contributed by atoms with E-state index in [1.165, 1.54) is 6.33 Å². The summed E-state index contributed by atoms with van der Waals surface area (Å²) in [6.45, 7) is 1.15. The van der Waals surface area contributed by atoms with Crippen LogP contribution in [0.2, 0.25) is 0 Å². The van der Waals surface area contributed by atoms with E-state index in [0.717, 1.165) is 0 Å². The molecule has 1 atom stereocenters. The van der Waals surface area contributed by atoms with Crippen molar-refractivity contribution in [2.24, 2.45) is 0 Å². The van der Waals surface area contributed by atoms with Crippen LogP contribution in [0, 0.1) is 0 Å². The first-order valence-corrected chi connectivity index (χ1v) is 6.56. The maximum absolute atomic E-state index is 12.2. The number of carbonyl (C=O) groups is 1. The smallest absolute Gasteiger partial charge is 0.384 e. The molecule has 116 valence electrons. The van der Waals surface area contributed by atoms with Crippen LogP contribution >= 0.6 is 0 Å². The topological polar surface area (TPSA) is 84.1 Å². The van der Waals surface area contributed by atoms with Crippen LogP contribution in [-0.4, -0.2) is 41.2 Å². The van der Waals surface area contributed by atoms with Crippen molar-refractivity contribution in [1.82, 2.24) is 15.3 Å². The van der Waals surface area contributed by atoms with Crippen molar-refractivity contribution in [2.75, 3.05) is 23.7 Å². The highest BCUT2D eigenvalue weighted by Crippen LogP contribution is 2.20. The van der Waals surface area contributed by atoms with Crippen LogP contribution in [0.3, 0.4) is 0 Å². The first-order valence-electron chi connectivity index (χ1n) is 6.56. The minimum atomic E-state index is -4.84. The predicted molar refractivity (Wildman–Crippen MR) is 70.5 cm³/mol. The van der Waals surface area contributed by atoms with Gasteiger partial charge < -0.3 is 16.0 Å². The molecule has 6 nitrogen and oxygen atoms in total. The third-order valence-corrected chi connectivity index (χ3v) is 3.32. The number of carbonyl (C=O) groups excluding carboxylic acids is 1. The van der Waals surface area contributed by atoms with Gasteiger partial charge in [0.25, 0.3) is 0 Å². The van der Waals surface area contributed by atoms with Crippen LogP contribution in [0.25, 0.3) is 0 Å². The number of anilines is 2. The van der Waals surface area contributed by atoms with Gasteiger partial charge in [0.05, 0.1) is 0 Å². The fourth-order valence-electron chi connectivity index (χ4n) is 2.27. The summed E-state index contributed by atoms with van der Waals surface area (Å²) >= 11 is 0. The Morgan fingerprint density at radius 1 is 1.33 bits per heavy atom. The molecular weight excluding hydrogens is 287 g/mol. The van der Waals surface area contributed by atoms with Gasteiger partial charge in [-0.2, -0.15) is 13.2 Å². The summed E-state index contributed by atoms with van der Waals surface area (Å²) in [5.41, 5.74) is 5.59. The summed E-state index contributed by atoms with van der Waals surface area (Å²) in [5.74, 6) is -0.899. The molecule has 21 heavy (non-hydrogen) atoms. The first kappa shape index (κ1) is 15.3. The lowest BCUT2D eigenvalue weighted by atomic mass is 10.1. The summed E-state index contributed by atoms with van der Waals surface area (Å²) in [7, 11) is 0. The summed E-state index contributed by atoms with van der Waals surface area (Å²) < 4.78 is 36.7. The number of amides is 1. The second-order valence-corrected chi connectivity index (χ2v) is 4.89. The van der Waals surface area contributed by atoms with Gasteiger partial charge in [-0.3, -0.25) is 4.79 Å². The Hall–Kier alpha value is -2.06. The van der Waals surface area contributed by atoms with E-state index in [-0.39, 0.29) is 0 Å². The molecule has 1 aromatic rings. The quantitative estimate of drug-likeness (QED) is 0.854. The zero-order chi connectivity index (χ0) is 15.5. The number of nitrogens with two attached hydrogens (primary N) is 1. The molecule has 1 aliphatic rings. The number of nitrogens with one attached hydrogen (secondary N) is 1. The standard InChI is InChI=1S/C12H16F3N5O/c13-12(14,15)11(21)19-8-2-1-4-20(5-3-8)10-6-9(16)17-7-18-10/h6-8H,1-5H2,(H,19,21)(H2,16,17,18). The summed E-state index contributed by atoms with van der Waals surface area (Å²) in [6.07, 6.45) is -1.91. The monoisotopic (exact) mass is 303 g/mol. The number of hydrogen-bond donors (Lipinski definition) is 2. The van der Waals surface area contributed by atoms with E-state index in [1.54, 1.807) is 6.07 Å². The van der Waals surface area contributed by atoms with Crippen LogP contribution in [-0.2, 0) is 4.79 Å². The third-order valence-electron chi connectivity index (χ3n) is 3.32. The predicted octanol–water partition coefficient (Wildman–Crippen LogP) is 1.10. The van der Waals surface area contributed by atoms with E-state index in [2.05, 4.69) is 9.97 Å². The van der Waals surface area contributed by atoms with Crippen LogP contribution in [0.5, 0.6) is 0 Å². The summed E-state index contributed by atoms with van der Waals surface area (Å²) in [6, 6.07) is 1.14. The van der Waals surface area contributed by atoms with Gasteiger partial charge >= 0.3 is 12.1 Å². The Morgan fingerprint density at radius 3 is 2.76 bits per heavy atom. The Morgan fingerprint density at radius 2 is 2.10 bits per heavy atom. The van der Waals surface area contributed by atoms with Crippen molar-refractivity contribution >= 4 is 17.5 Å². The fourth-order valence-corrected chi connectivity index (χ4v) is 2.27. The third kappa shape index (κ3) is 4.20. The molecule has 2 rings (SSSR count). The van der Waals surface area contributed by atoms with Gasteiger partial charge in [0, 0.05) is 25.2 Å². The van der Waals surface area contributed by atoms with Crippen LogP contribution in [0.1, 0.15) is 19.3 Å². The lowest BCUT2D eigenvalue weighted by molar-refractivity contribution is -0.174. The van der Waals surface area contributed by atoms with Crippen molar-refractivity contribution in [3.8, 4) is 0 Å². The highest BCUT2D eigenvalue weighted by Gasteiger charge is 2.39. The molecule has 0 spiro atoms. The average molecular weight is 303 g/mol. The number of aromatic nitrogens is 2. The van der Waals surface area contributed by atoms with E-state index in [0.29, 0.717) is 44.0 Å². The van der Waals surface area contributed by atoms with E-state index >= 15 is 0 Å². The molecule has 0 saturated carbocycles. The van der Waals surface area contributed by atoms with E-state index < -0.39 is 18.1 Å². The number of rotatable bonds is 2. The van der Waals surface area contributed by atoms with Gasteiger partial charge in [0.15, 0.2) is 0 Å². The van der Waals surface area contributed by atoms with Gasteiger partial charge in [0.1, 0.15) is 18.0 Å². The van der Waals surface area contributed by atoms with E-state index in [9.17, 15) is 18.0 Å². The molecule has 1 aromatic heterocycles. The van der Waals surface area contributed by atoms with Crippen molar-refractivity contribution < 1.29 is 18.0 Å². The van der Waals surface area contributed by atoms with Crippen molar-refractivity contribution in [3.05, 3.63) is 12.4 Å². The van der Waals surface area contributed by atoms with Gasteiger partial charge in [-0.1, -0.05) is 0 Å². The molecule has 9 heteroatoms. The molecule has 0 aromatic carbocycles. The second-order valence-electron chi connectivity index (χ2n) is 4.89. The maximum atomic E-state index is 12.2. The minimum absolute atomic E-state index is 0.339. The zero-order valence-electron chi connectivity index (χ0n) is 11.2. The Balaban J connectivity index is 1.95. The molecule has 3 N–H and O–H groups in total. The lowest BCUT2D eigenvalue weighted by Crippen LogP contribution is -2.43. The molecule has 1 fully saturated rings. The fraction of sp³-hybridized carbons (Fsp3) is 0.583. The van der Waals surface area contributed by atoms with Gasteiger partial charge in [-0.15, -0.1) is 0 Å². The molecule has 0 radical (unpaired) electrons. The largest absolute Gasteiger partial charge is 0.471 e. The minimum Gasteiger partial charge on any atom is -0.384 e. The molecule has 1 amide bonds. The molecule has 0 bridgehead atoms. The summed E-state index contributed by atoms with van der Waals surface area (Å²) in [5, 5.41) is 2.03. The lowest BCUT2D eigenvalue weighted by Gasteiger charge is -2.21. The number of hydrogen-bond acceptors (Lipinski definition) is 5. The highest BCUT2D eigenvalue weighted by molar-refractivity contribution is 5.81. The number of halogens is 3. The zero-order valence-corrected chi connectivity index (χ0v) is 11.2. The van der Waals surface area contributed by atoms with Crippen LogP contribution < -0.4 is 16.0 Å². The molecule has 1 unspecified atom stereocenters. The molecule has 0 aliphatic carbocycles. The van der Waals surface area contributed by atoms with Crippen molar-refractivity contribution in [1.29, 1.82) is 0 Å². The normalized spacial score (nSPS) is 20.0. The highest BCUT2D eigenvalue weighted by atomic mass is 19.4. The SMILES string of the molecule is Nc1cc(N2CCCC(NC(=O)C(F)(F)F)CC2)ncn1. The van der Waals surface area contributed by atoms with E-state index in [4.69, 9.17) is 5.73 Å². The Kier molecular flexibility index (Phi) is 4.49. The van der Waals surface area contributed by atoms with Gasteiger partial charge in [0.2, 0.25) is 0 Å². The van der Waals surface area contributed by atoms with Crippen LogP contribution in [0.4, 0.5) is 24.8 Å². The maximum Gasteiger partial charge on any atom is 0.471 e. The molecule has 1 aliphatic heterocycles. The molecule has 2 heterocycles.